The summed E-state index contributed by atoms with van der Waals surface area (Å²) >= 11 is 0. The Labute approximate surface area is 118 Å². The lowest BCUT2D eigenvalue weighted by molar-refractivity contribution is 0.318. The van der Waals surface area contributed by atoms with Crippen LogP contribution in [-0.4, -0.2) is 6.61 Å². The van der Waals surface area contributed by atoms with Crippen LogP contribution in [0.3, 0.4) is 0 Å². The normalized spacial score (nSPS) is 9.80. The molecule has 0 unspecified atom stereocenters. The number of hydrogen-bond acceptors (Lipinski definition) is 4. The van der Waals surface area contributed by atoms with E-state index in [2.05, 4.69) is 6.07 Å². The molecule has 0 radical (unpaired) electrons. The number of anilines is 1. The zero-order chi connectivity index (χ0) is 14.4. The maximum atomic E-state index is 9.05. The van der Waals surface area contributed by atoms with Crippen LogP contribution in [0.5, 0.6) is 17.2 Å². The molecule has 0 aliphatic heterocycles. The van der Waals surface area contributed by atoms with Crippen LogP contribution >= 0.6 is 0 Å². The van der Waals surface area contributed by atoms with Crippen molar-refractivity contribution in [3.05, 3.63) is 48.0 Å². The SMILES string of the molecule is CCCOc1cccc(Oc2ccccc2C#N)c1N. The standard InChI is InChI=1S/C16H16N2O2/c1-2-10-19-14-8-5-9-15(16(14)18)20-13-7-4-3-6-12(13)11-17/h3-9H,2,10,18H2,1H3. The van der Waals surface area contributed by atoms with Crippen LogP contribution in [0, 0.1) is 11.3 Å². The van der Waals surface area contributed by atoms with Gasteiger partial charge in [-0.1, -0.05) is 25.1 Å². The number of nitrogen functional groups attached to an aromatic ring is 1. The second kappa shape index (κ2) is 6.48. The Hall–Kier alpha value is -2.67. The molecule has 0 aromatic heterocycles. The van der Waals surface area contributed by atoms with Crippen molar-refractivity contribution in [1.82, 2.24) is 0 Å². The molecule has 0 amide bonds. The average molecular weight is 268 g/mol. The van der Waals surface area contributed by atoms with E-state index in [0.29, 0.717) is 35.1 Å². The van der Waals surface area contributed by atoms with Crippen molar-refractivity contribution in [2.75, 3.05) is 12.3 Å². The van der Waals surface area contributed by atoms with Gasteiger partial charge in [0.25, 0.3) is 0 Å². The van der Waals surface area contributed by atoms with Crippen molar-refractivity contribution in [1.29, 1.82) is 5.26 Å². The first kappa shape index (κ1) is 13.8. The molecule has 0 aliphatic rings. The van der Waals surface area contributed by atoms with Gasteiger partial charge in [-0.05, 0) is 30.7 Å². The molecule has 0 spiro atoms. The number of nitrogens with two attached hydrogens (primary N) is 1. The van der Waals surface area contributed by atoms with Crippen LogP contribution in [0.25, 0.3) is 0 Å². The molecule has 4 heteroatoms. The summed E-state index contributed by atoms with van der Waals surface area (Å²) in [6, 6.07) is 14.5. The highest BCUT2D eigenvalue weighted by Crippen LogP contribution is 2.35. The Morgan fingerprint density at radius 3 is 2.50 bits per heavy atom. The molecule has 0 aliphatic carbocycles. The highest BCUT2D eigenvalue weighted by atomic mass is 16.5. The Balaban J connectivity index is 2.28. The number of hydrogen-bond donors (Lipinski definition) is 1. The summed E-state index contributed by atoms with van der Waals surface area (Å²) < 4.78 is 11.3. The van der Waals surface area contributed by atoms with E-state index in [1.54, 1.807) is 30.3 Å². The second-order valence-corrected chi connectivity index (χ2v) is 4.23. The molecule has 0 saturated heterocycles. The van der Waals surface area contributed by atoms with E-state index in [-0.39, 0.29) is 0 Å². The molecule has 0 saturated carbocycles. The molecule has 0 fully saturated rings. The molecule has 4 nitrogen and oxygen atoms in total. The molecule has 2 N–H and O–H groups in total. The number of benzene rings is 2. The van der Waals surface area contributed by atoms with E-state index in [0.717, 1.165) is 6.42 Å². The van der Waals surface area contributed by atoms with Gasteiger partial charge in [0.1, 0.15) is 23.3 Å². The molecular formula is C16H16N2O2. The van der Waals surface area contributed by atoms with E-state index in [4.69, 9.17) is 20.5 Å². The van der Waals surface area contributed by atoms with Crippen molar-refractivity contribution >= 4 is 5.69 Å². The minimum Gasteiger partial charge on any atom is -0.491 e. The molecule has 20 heavy (non-hydrogen) atoms. The third-order valence-electron chi connectivity index (χ3n) is 2.72. The summed E-state index contributed by atoms with van der Waals surface area (Å²) in [6.07, 6.45) is 0.905. The third kappa shape index (κ3) is 3.01. The van der Waals surface area contributed by atoms with E-state index in [1.165, 1.54) is 0 Å². The van der Waals surface area contributed by atoms with Gasteiger partial charge in [-0.3, -0.25) is 0 Å². The largest absolute Gasteiger partial charge is 0.491 e. The minimum absolute atomic E-state index is 0.439. The number of para-hydroxylation sites is 2. The third-order valence-corrected chi connectivity index (χ3v) is 2.72. The van der Waals surface area contributed by atoms with Gasteiger partial charge in [-0.25, -0.2) is 0 Å². The van der Waals surface area contributed by atoms with Gasteiger partial charge in [0.15, 0.2) is 5.75 Å². The summed E-state index contributed by atoms with van der Waals surface area (Å²) in [6.45, 7) is 2.63. The van der Waals surface area contributed by atoms with Gasteiger partial charge in [0.05, 0.1) is 12.2 Å². The lowest BCUT2D eigenvalue weighted by atomic mass is 10.2. The number of ether oxygens (including phenoxy) is 2. The monoisotopic (exact) mass is 268 g/mol. The Morgan fingerprint density at radius 1 is 1.05 bits per heavy atom. The summed E-state index contributed by atoms with van der Waals surface area (Å²) in [5.41, 5.74) is 6.93. The molecule has 102 valence electrons. The summed E-state index contributed by atoms with van der Waals surface area (Å²) in [4.78, 5) is 0. The Kier molecular flexibility index (Phi) is 4.46. The number of nitrogens with zero attached hydrogens (tertiary/aromatic N) is 1. The van der Waals surface area contributed by atoms with Gasteiger partial charge < -0.3 is 15.2 Å². The van der Waals surface area contributed by atoms with Crippen molar-refractivity contribution in [3.63, 3.8) is 0 Å². The van der Waals surface area contributed by atoms with Crippen LogP contribution < -0.4 is 15.2 Å². The fraction of sp³-hybridized carbons (Fsp3) is 0.188. The molecule has 0 bridgehead atoms. The van der Waals surface area contributed by atoms with Gasteiger partial charge in [-0.2, -0.15) is 5.26 Å². The van der Waals surface area contributed by atoms with Crippen molar-refractivity contribution in [3.8, 4) is 23.3 Å². The first-order valence-corrected chi connectivity index (χ1v) is 6.44. The van der Waals surface area contributed by atoms with Gasteiger partial charge in [0.2, 0.25) is 0 Å². The topological polar surface area (TPSA) is 68.3 Å². The molecular weight excluding hydrogens is 252 g/mol. The van der Waals surface area contributed by atoms with Crippen LogP contribution in [-0.2, 0) is 0 Å². The minimum atomic E-state index is 0.439. The first-order valence-electron chi connectivity index (χ1n) is 6.44. The van der Waals surface area contributed by atoms with E-state index in [1.807, 2.05) is 19.1 Å². The zero-order valence-electron chi connectivity index (χ0n) is 11.3. The first-order chi connectivity index (χ1) is 9.76. The summed E-state index contributed by atoms with van der Waals surface area (Å²) in [5.74, 6) is 1.56. The van der Waals surface area contributed by atoms with Gasteiger partial charge in [0, 0.05) is 0 Å². The van der Waals surface area contributed by atoms with Gasteiger partial charge >= 0.3 is 0 Å². The number of rotatable bonds is 5. The molecule has 0 heterocycles. The fourth-order valence-electron chi connectivity index (χ4n) is 1.72. The lowest BCUT2D eigenvalue weighted by Crippen LogP contribution is -2.00. The predicted octanol–water partition coefficient (Wildman–Crippen LogP) is 3.72. The highest BCUT2D eigenvalue weighted by molar-refractivity contribution is 5.64. The Bertz CT molecular complexity index is 633. The maximum absolute atomic E-state index is 9.05. The second-order valence-electron chi connectivity index (χ2n) is 4.23. The highest BCUT2D eigenvalue weighted by Gasteiger charge is 2.10. The van der Waals surface area contributed by atoms with Crippen molar-refractivity contribution in [2.24, 2.45) is 0 Å². The van der Waals surface area contributed by atoms with Crippen LogP contribution in [0.1, 0.15) is 18.9 Å². The zero-order valence-corrected chi connectivity index (χ0v) is 11.3. The summed E-state index contributed by atoms with van der Waals surface area (Å²) in [5, 5.41) is 9.05. The van der Waals surface area contributed by atoms with Crippen molar-refractivity contribution < 1.29 is 9.47 Å². The molecule has 2 aromatic carbocycles. The summed E-state index contributed by atoms with van der Waals surface area (Å²) in [7, 11) is 0. The van der Waals surface area contributed by atoms with Crippen LogP contribution in [0.4, 0.5) is 5.69 Å². The smallest absolute Gasteiger partial charge is 0.154 e. The van der Waals surface area contributed by atoms with E-state index in [9.17, 15) is 0 Å². The van der Waals surface area contributed by atoms with Crippen LogP contribution in [0.15, 0.2) is 42.5 Å². The van der Waals surface area contributed by atoms with Crippen molar-refractivity contribution in [2.45, 2.75) is 13.3 Å². The maximum Gasteiger partial charge on any atom is 0.154 e. The average Bonchev–Trinajstić information content (AvgIpc) is 2.48. The predicted molar refractivity (Wildman–Crippen MR) is 77.9 cm³/mol. The molecule has 0 atom stereocenters. The lowest BCUT2D eigenvalue weighted by Gasteiger charge is -2.13. The van der Waals surface area contributed by atoms with E-state index < -0.39 is 0 Å². The molecule has 2 rings (SSSR count). The Morgan fingerprint density at radius 2 is 1.75 bits per heavy atom. The van der Waals surface area contributed by atoms with Crippen LogP contribution in [0.2, 0.25) is 0 Å². The quantitative estimate of drug-likeness (QED) is 0.839. The number of nitriles is 1. The van der Waals surface area contributed by atoms with Gasteiger partial charge in [-0.15, -0.1) is 0 Å². The van der Waals surface area contributed by atoms with E-state index >= 15 is 0 Å². The molecule has 2 aromatic rings. The fourth-order valence-corrected chi connectivity index (χ4v) is 1.72.